The van der Waals surface area contributed by atoms with Crippen LogP contribution in [0.25, 0.3) is 0 Å². The number of hydrogen-bond acceptors (Lipinski definition) is 7. The molecule has 0 bridgehead atoms. The first-order chi connectivity index (χ1) is 10.9. The Kier molecular flexibility index (Phi) is 4.20. The first kappa shape index (κ1) is 16.1. The van der Waals surface area contributed by atoms with Crippen LogP contribution in [-0.2, 0) is 4.79 Å². The van der Waals surface area contributed by atoms with E-state index >= 15 is 0 Å². The fourth-order valence-electron chi connectivity index (χ4n) is 3.39. The molecule has 1 fully saturated rings. The van der Waals surface area contributed by atoms with E-state index in [1.807, 2.05) is 19.2 Å². The van der Waals surface area contributed by atoms with Gasteiger partial charge in [0.05, 0.1) is 17.2 Å². The van der Waals surface area contributed by atoms with Gasteiger partial charge in [-0.15, -0.1) is 11.3 Å². The molecule has 0 saturated carbocycles. The van der Waals surface area contributed by atoms with E-state index < -0.39 is 11.5 Å². The fraction of sp³-hybridized carbons (Fsp3) is 0.600. The summed E-state index contributed by atoms with van der Waals surface area (Å²) < 4.78 is 5.10. The maximum absolute atomic E-state index is 12.0. The summed E-state index contributed by atoms with van der Waals surface area (Å²) >= 11 is 1.49. The predicted molar refractivity (Wildman–Crippen MR) is 84.2 cm³/mol. The lowest BCUT2D eigenvalue weighted by molar-refractivity contribution is -0.145. The van der Waals surface area contributed by atoms with Crippen LogP contribution in [0.1, 0.15) is 56.1 Å². The zero-order valence-electron chi connectivity index (χ0n) is 13.3. The number of thiazole rings is 1. The van der Waals surface area contributed by atoms with Crippen molar-refractivity contribution in [2.75, 3.05) is 0 Å². The molecule has 2 N–H and O–H groups in total. The molecule has 124 valence electrons. The number of carboxylic acid groups (broad SMARTS) is 1. The van der Waals surface area contributed by atoms with Gasteiger partial charge in [-0.2, -0.15) is 4.98 Å². The Labute approximate surface area is 138 Å². The highest BCUT2D eigenvalue weighted by atomic mass is 32.1. The highest BCUT2D eigenvalue weighted by Crippen LogP contribution is 2.45. The smallest absolute Gasteiger partial charge is 0.323 e. The SMILES string of the molecule is Cc1nc([C@@H]2C[C@@](CC(C)C)(C(=O)O)N[C@H]2c2cscn2)no1. The first-order valence-electron chi connectivity index (χ1n) is 7.60. The van der Waals surface area contributed by atoms with E-state index in [1.54, 1.807) is 12.4 Å². The van der Waals surface area contributed by atoms with Crippen LogP contribution in [0.5, 0.6) is 0 Å². The monoisotopic (exact) mass is 336 g/mol. The van der Waals surface area contributed by atoms with Gasteiger partial charge in [-0.25, -0.2) is 4.98 Å². The van der Waals surface area contributed by atoms with E-state index in [0.29, 0.717) is 24.6 Å². The van der Waals surface area contributed by atoms with Crippen LogP contribution >= 0.6 is 11.3 Å². The van der Waals surface area contributed by atoms with Crippen LogP contribution in [0, 0.1) is 12.8 Å². The first-order valence-corrected chi connectivity index (χ1v) is 8.55. The quantitative estimate of drug-likeness (QED) is 0.865. The summed E-state index contributed by atoms with van der Waals surface area (Å²) in [7, 11) is 0. The number of carboxylic acids is 1. The summed E-state index contributed by atoms with van der Waals surface area (Å²) in [6.45, 7) is 5.78. The van der Waals surface area contributed by atoms with Gasteiger partial charge in [0.2, 0.25) is 5.89 Å². The highest BCUT2D eigenvalue weighted by molar-refractivity contribution is 7.07. The van der Waals surface area contributed by atoms with Crippen molar-refractivity contribution in [2.45, 2.75) is 51.1 Å². The zero-order valence-corrected chi connectivity index (χ0v) is 14.1. The number of aryl methyl sites for hydroxylation is 1. The second kappa shape index (κ2) is 6.01. The summed E-state index contributed by atoms with van der Waals surface area (Å²) in [6, 6.07) is -0.229. The molecule has 1 saturated heterocycles. The minimum Gasteiger partial charge on any atom is -0.480 e. The van der Waals surface area contributed by atoms with Gasteiger partial charge in [-0.05, 0) is 18.8 Å². The van der Waals surface area contributed by atoms with E-state index in [-0.39, 0.29) is 17.9 Å². The number of rotatable bonds is 5. The molecule has 0 amide bonds. The van der Waals surface area contributed by atoms with Crippen LogP contribution in [-0.4, -0.2) is 31.7 Å². The summed E-state index contributed by atoms with van der Waals surface area (Å²) in [6.07, 6.45) is 0.956. The van der Waals surface area contributed by atoms with Gasteiger partial charge in [-0.1, -0.05) is 19.0 Å². The molecule has 3 rings (SSSR count). The maximum Gasteiger partial charge on any atom is 0.323 e. The highest BCUT2D eigenvalue weighted by Gasteiger charge is 2.52. The van der Waals surface area contributed by atoms with Gasteiger partial charge in [0.15, 0.2) is 5.82 Å². The minimum absolute atomic E-state index is 0.176. The van der Waals surface area contributed by atoms with Crippen LogP contribution in [0.4, 0.5) is 0 Å². The number of hydrogen-bond donors (Lipinski definition) is 2. The fourth-order valence-corrected chi connectivity index (χ4v) is 3.98. The summed E-state index contributed by atoms with van der Waals surface area (Å²) in [5, 5.41) is 19.1. The second-order valence-corrected chi connectivity index (χ2v) is 7.22. The van der Waals surface area contributed by atoms with Gasteiger partial charge in [-0.3, -0.25) is 10.1 Å². The average Bonchev–Trinajstić information content (AvgIpc) is 3.16. The molecule has 3 atom stereocenters. The van der Waals surface area contributed by atoms with E-state index in [9.17, 15) is 9.90 Å². The van der Waals surface area contributed by atoms with Crippen molar-refractivity contribution in [1.29, 1.82) is 0 Å². The molecule has 7 nitrogen and oxygen atoms in total. The summed E-state index contributed by atoms with van der Waals surface area (Å²) in [4.78, 5) is 20.7. The van der Waals surface area contributed by atoms with Crippen molar-refractivity contribution in [3.63, 3.8) is 0 Å². The second-order valence-electron chi connectivity index (χ2n) is 6.50. The Morgan fingerprint density at radius 3 is 2.91 bits per heavy atom. The molecule has 0 unspecified atom stereocenters. The molecule has 3 heterocycles. The predicted octanol–water partition coefficient (Wildman–Crippen LogP) is 2.52. The van der Waals surface area contributed by atoms with E-state index in [1.165, 1.54) is 11.3 Å². The van der Waals surface area contributed by atoms with Crippen molar-refractivity contribution in [1.82, 2.24) is 20.4 Å². The van der Waals surface area contributed by atoms with Crippen molar-refractivity contribution < 1.29 is 14.4 Å². The topological polar surface area (TPSA) is 101 Å². The zero-order chi connectivity index (χ0) is 16.6. The molecule has 23 heavy (non-hydrogen) atoms. The summed E-state index contributed by atoms with van der Waals surface area (Å²) in [5.74, 6) is 0.257. The van der Waals surface area contributed by atoms with Crippen LogP contribution in [0.3, 0.4) is 0 Å². The molecule has 1 aliphatic heterocycles. The van der Waals surface area contributed by atoms with Gasteiger partial charge >= 0.3 is 5.97 Å². The Morgan fingerprint density at radius 2 is 2.39 bits per heavy atom. The van der Waals surface area contributed by atoms with E-state index in [2.05, 4.69) is 20.4 Å². The third-order valence-electron chi connectivity index (χ3n) is 4.21. The Bertz CT molecular complexity index is 685. The van der Waals surface area contributed by atoms with Gasteiger partial charge in [0.25, 0.3) is 0 Å². The molecule has 2 aromatic heterocycles. The minimum atomic E-state index is -0.998. The molecule has 0 aromatic carbocycles. The van der Waals surface area contributed by atoms with Crippen LogP contribution < -0.4 is 5.32 Å². The van der Waals surface area contributed by atoms with E-state index in [4.69, 9.17) is 4.52 Å². The molecular formula is C15H20N4O3S. The Balaban J connectivity index is 2.00. The molecule has 2 aromatic rings. The Hall–Kier alpha value is -1.80. The van der Waals surface area contributed by atoms with Crippen LogP contribution in [0.15, 0.2) is 15.4 Å². The maximum atomic E-state index is 12.0. The number of nitrogens with one attached hydrogen (secondary N) is 1. The average molecular weight is 336 g/mol. The van der Waals surface area contributed by atoms with E-state index in [0.717, 1.165) is 5.69 Å². The van der Waals surface area contributed by atoms with Crippen molar-refractivity contribution in [3.8, 4) is 0 Å². The molecular weight excluding hydrogens is 316 g/mol. The lowest BCUT2D eigenvalue weighted by Crippen LogP contribution is -2.49. The molecule has 1 aliphatic rings. The Morgan fingerprint density at radius 1 is 1.61 bits per heavy atom. The van der Waals surface area contributed by atoms with Gasteiger partial charge in [0, 0.05) is 18.2 Å². The van der Waals surface area contributed by atoms with Crippen molar-refractivity contribution in [2.24, 2.45) is 5.92 Å². The standard InChI is InChI=1S/C15H20N4O3S/c1-8(2)4-15(14(20)21)5-10(13-17-9(3)22-19-13)12(18-15)11-6-23-7-16-11/h6-8,10,12,18H,4-5H2,1-3H3,(H,20,21)/t10-,12-,15+/m1/s1. The lowest BCUT2D eigenvalue weighted by atomic mass is 9.84. The molecule has 0 spiro atoms. The molecule has 8 heteroatoms. The normalized spacial score (nSPS) is 27.7. The molecule has 0 aliphatic carbocycles. The van der Waals surface area contributed by atoms with Crippen molar-refractivity contribution in [3.05, 3.63) is 28.3 Å². The summed E-state index contributed by atoms with van der Waals surface area (Å²) in [5.41, 5.74) is 1.58. The van der Waals surface area contributed by atoms with Gasteiger partial charge in [0.1, 0.15) is 5.54 Å². The largest absolute Gasteiger partial charge is 0.480 e. The van der Waals surface area contributed by atoms with Crippen molar-refractivity contribution >= 4 is 17.3 Å². The number of aliphatic carboxylic acids is 1. The van der Waals surface area contributed by atoms with Gasteiger partial charge < -0.3 is 9.63 Å². The third-order valence-corrected chi connectivity index (χ3v) is 4.82. The number of nitrogens with zero attached hydrogens (tertiary/aromatic N) is 3. The number of carbonyl (C=O) groups is 1. The third kappa shape index (κ3) is 3.00. The number of aromatic nitrogens is 3. The molecule has 0 radical (unpaired) electrons. The van der Waals surface area contributed by atoms with Crippen LogP contribution in [0.2, 0.25) is 0 Å². The lowest BCUT2D eigenvalue weighted by Gasteiger charge is -2.27.